The van der Waals surface area contributed by atoms with Gasteiger partial charge in [-0.05, 0) is 0 Å². The number of halogens is 9. The molecule has 0 rings (SSSR count). The van der Waals surface area contributed by atoms with Crippen LogP contribution in [-0.2, 0) is 0 Å². The van der Waals surface area contributed by atoms with Crippen LogP contribution in [0.15, 0.2) is 0 Å². The first-order valence-corrected chi connectivity index (χ1v) is 3.19. The number of rotatable bonds is 3. The maximum atomic E-state index is 12.0. The van der Waals surface area contributed by atoms with Gasteiger partial charge in [0.05, 0.1) is 0 Å². The molecule has 88 valence electrons. The molecule has 0 radical (unpaired) electrons. The second-order valence-corrected chi connectivity index (χ2v) is 2.26. The highest BCUT2D eigenvalue weighted by Crippen LogP contribution is 2.28. The summed E-state index contributed by atoms with van der Waals surface area (Å²) in [6, 6.07) is 0. The van der Waals surface area contributed by atoms with Crippen LogP contribution in [0.2, 0.25) is 0 Å². The summed E-state index contributed by atoms with van der Waals surface area (Å²) in [6.07, 6.45) is -0.723. The van der Waals surface area contributed by atoms with Crippen LogP contribution in [0, 0.1) is 0 Å². The molecule has 0 saturated carbocycles. The Bertz CT molecular complexity index is 88.6. The fourth-order valence-electron chi connectivity index (χ4n) is 0.235. The van der Waals surface area contributed by atoms with Gasteiger partial charge in [-0.2, -0.15) is 0 Å². The van der Waals surface area contributed by atoms with Crippen molar-refractivity contribution in [2.24, 2.45) is 0 Å². The van der Waals surface area contributed by atoms with Crippen molar-refractivity contribution in [1.29, 1.82) is 0 Å². The monoisotopic (exact) mass is 260 g/mol. The molecule has 0 aromatic heterocycles. The van der Waals surface area contributed by atoms with Gasteiger partial charge < -0.3 is 0 Å². The quantitative estimate of drug-likeness (QED) is 0.539. The van der Waals surface area contributed by atoms with Crippen molar-refractivity contribution >= 4 is 23.2 Å². The second kappa shape index (κ2) is 12.1. The molecular weight excluding hydrogens is 252 g/mol. The van der Waals surface area contributed by atoms with Crippen molar-refractivity contribution in [3.63, 3.8) is 0 Å². The average molecular weight is 261 g/mol. The molecule has 0 heterocycles. The highest BCUT2D eigenvalue weighted by Gasteiger charge is 2.37. The van der Waals surface area contributed by atoms with E-state index in [1.54, 1.807) is 0 Å². The van der Waals surface area contributed by atoms with Gasteiger partial charge in [0.2, 0.25) is 5.63 Å². The molecule has 0 spiro atoms. The second-order valence-electron chi connectivity index (χ2n) is 1.50. The lowest BCUT2D eigenvalue weighted by Gasteiger charge is -2.13. The first kappa shape index (κ1) is 29.2. The Morgan fingerprint density at radius 2 is 1.38 bits per heavy atom. The molecular formula is C4H9Cl2F7. The highest BCUT2D eigenvalue weighted by atomic mass is 35.5. The molecule has 13 heavy (non-hydrogen) atoms. The third kappa shape index (κ3) is 12.1. The van der Waals surface area contributed by atoms with E-state index in [-0.39, 0.29) is 24.7 Å². The minimum Gasteiger partial charge on any atom is -0.269 e. The largest absolute Gasteiger partial charge is 0.293 e. The van der Waals surface area contributed by atoms with Crippen LogP contribution >= 0.6 is 23.2 Å². The predicted molar refractivity (Wildman–Crippen MR) is 41.0 cm³/mol. The van der Waals surface area contributed by atoms with Crippen molar-refractivity contribution < 1.29 is 32.0 Å². The Kier molecular flexibility index (Phi) is 27.2. The Morgan fingerprint density at radius 1 is 1.08 bits per heavy atom. The molecule has 0 aliphatic heterocycles. The maximum Gasteiger partial charge on any atom is 0.293 e. The van der Waals surface area contributed by atoms with Crippen molar-refractivity contribution in [2.75, 3.05) is 5.88 Å². The highest BCUT2D eigenvalue weighted by molar-refractivity contribution is 6.20. The first-order chi connectivity index (χ1) is 4.00. The number of alkyl halides is 5. The molecule has 1 atom stereocenters. The standard InChI is InChI=1S/C4H5Cl2F3.4FH/c5-2-1-4(8,9)3(6)7;;;;/h3H,1-2H2;4*1H. The number of hydrogen-bond acceptors (Lipinski definition) is 0. The third-order valence-electron chi connectivity index (χ3n) is 0.747. The Morgan fingerprint density at radius 3 is 1.46 bits per heavy atom. The fraction of sp³-hybridized carbons (Fsp3) is 1.00. The minimum absolute atomic E-state index is 0. The summed E-state index contributed by atoms with van der Waals surface area (Å²) in [5.41, 5.74) is -2.63. The molecule has 9 heteroatoms. The molecule has 0 aromatic carbocycles. The van der Waals surface area contributed by atoms with Gasteiger partial charge in [-0.3, -0.25) is 18.8 Å². The third-order valence-corrected chi connectivity index (χ3v) is 1.26. The van der Waals surface area contributed by atoms with Gasteiger partial charge in [-0.25, -0.2) is 13.2 Å². The van der Waals surface area contributed by atoms with Gasteiger partial charge in [0.15, 0.2) is 0 Å². The molecule has 0 nitrogen and oxygen atoms in total. The van der Waals surface area contributed by atoms with Crippen LogP contribution in [0.1, 0.15) is 6.42 Å². The van der Waals surface area contributed by atoms with Crippen molar-refractivity contribution in [3.05, 3.63) is 0 Å². The van der Waals surface area contributed by atoms with Crippen LogP contribution < -0.4 is 0 Å². The van der Waals surface area contributed by atoms with Crippen molar-refractivity contribution in [2.45, 2.75) is 18.0 Å². The first-order valence-electron chi connectivity index (χ1n) is 2.22. The summed E-state index contributed by atoms with van der Waals surface area (Å²) >= 11 is 9.40. The zero-order chi connectivity index (χ0) is 7.49. The summed E-state index contributed by atoms with van der Waals surface area (Å²) < 4.78 is 35.5. The van der Waals surface area contributed by atoms with E-state index in [0.717, 1.165) is 0 Å². The van der Waals surface area contributed by atoms with Gasteiger partial charge in [-0.15, -0.1) is 11.6 Å². The van der Waals surface area contributed by atoms with E-state index in [0.29, 0.717) is 0 Å². The summed E-state index contributed by atoms with van der Waals surface area (Å²) in [7, 11) is 0. The molecule has 0 saturated heterocycles. The van der Waals surface area contributed by atoms with E-state index in [4.69, 9.17) is 11.6 Å². The van der Waals surface area contributed by atoms with Crippen molar-refractivity contribution in [3.8, 4) is 0 Å². The van der Waals surface area contributed by atoms with Crippen LogP contribution in [-0.4, -0.2) is 17.4 Å². The van der Waals surface area contributed by atoms with Crippen LogP contribution in [0.5, 0.6) is 0 Å². The van der Waals surface area contributed by atoms with E-state index >= 15 is 0 Å². The van der Waals surface area contributed by atoms with Gasteiger partial charge in [-0.1, -0.05) is 11.6 Å². The molecule has 0 N–H and O–H groups in total. The minimum atomic E-state index is -3.48. The molecule has 0 amide bonds. The van der Waals surface area contributed by atoms with Gasteiger partial charge in [0, 0.05) is 12.3 Å². The smallest absolute Gasteiger partial charge is 0.269 e. The summed E-state index contributed by atoms with van der Waals surface area (Å²) in [5.74, 6) is -3.77. The van der Waals surface area contributed by atoms with Crippen LogP contribution in [0.3, 0.4) is 0 Å². The normalized spacial score (nSPS) is 10.8. The summed E-state index contributed by atoms with van der Waals surface area (Å²) in [5, 5.41) is 0. The van der Waals surface area contributed by atoms with E-state index < -0.39 is 18.0 Å². The van der Waals surface area contributed by atoms with Gasteiger partial charge >= 0.3 is 0 Å². The molecule has 0 aliphatic carbocycles. The zero-order valence-electron chi connectivity index (χ0n) is 6.01. The predicted octanol–water partition coefficient (Wildman–Crippen LogP) is 3.40. The van der Waals surface area contributed by atoms with Crippen molar-refractivity contribution in [1.82, 2.24) is 0 Å². The van der Waals surface area contributed by atoms with Crippen LogP contribution in [0.4, 0.5) is 32.0 Å². The molecule has 0 aliphatic rings. The zero-order valence-corrected chi connectivity index (χ0v) is 7.53. The Labute approximate surface area is 79.9 Å². The maximum absolute atomic E-state index is 12.0. The number of hydrogen-bond donors (Lipinski definition) is 0. The lowest BCUT2D eigenvalue weighted by atomic mass is 10.3. The van der Waals surface area contributed by atoms with Crippen LogP contribution in [0.25, 0.3) is 0 Å². The van der Waals surface area contributed by atoms with Gasteiger partial charge in [0.25, 0.3) is 5.92 Å². The lowest BCUT2D eigenvalue weighted by molar-refractivity contribution is -0.0423. The molecule has 1 unspecified atom stereocenters. The summed E-state index contributed by atoms with van der Waals surface area (Å²) in [6.45, 7) is 0. The SMILES string of the molecule is F.F.F.F.FC(Cl)C(F)(F)CCCl. The lowest BCUT2D eigenvalue weighted by Crippen LogP contribution is -2.25. The Balaban J connectivity index is -0.0000000533. The molecule has 0 bridgehead atoms. The van der Waals surface area contributed by atoms with E-state index in [1.165, 1.54) is 0 Å². The van der Waals surface area contributed by atoms with E-state index in [1.807, 2.05) is 0 Å². The van der Waals surface area contributed by atoms with Gasteiger partial charge in [0.1, 0.15) is 0 Å². The molecule has 0 aromatic rings. The Hall–Kier alpha value is 0.0900. The summed E-state index contributed by atoms with van der Waals surface area (Å²) in [4.78, 5) is 0. The average Bonchev–Trinajstić information content (AvgIpc) is 1.65. The topological polar surface area (TPSA) is 0 Å². The fourth-order valence-corrected chi connectivity index (χ4v) is 0.596. The van der Waals surface area contributed by atoms with E-state index in [2.05, 4.69) is 11.6 Å². The van der Waals surface area contributed by atoms with E-state index in [9.17, 15) is 13.2 Å². The molecule has 0 fully saturated rings.